The largest absolute Gasteiger partial charge is 0.497 e. The lowest BCUT2D eigenvalue weighted by atomic mass is 9.78. The van der Waals surface area contributed by atoms with Crippen molar-refractivity contribution >= 4 is 5.91 Å². The van der Waals surface area contributed by atoms with Crippen molar-refractivity contribution in [3.05, 3.63) is 29.8 Å². The van der Waals surface area contributed by atoms with Crippen molar-refractivity contribution in [1.29, 1.82) is 0 Å². The quantitative estimate of drug-likeness (QED) is 0.813. The number of piperidine rings is 1. The van der Waals surface area contributed by atoms with Crippen LogP contribution >= 0.6 is 0 Å². The summed E-state index contributed by atoms with van der Waals surface area (Å²) in [5.41, 5.74) is 1.45. The molecule has 1 aromatic carbocycles. The molecular weight excluding hydrogens is 324 g/mol. The first-order valence-electron chi connectivity index (χ1n) is 10.3. The molecule has 0 spiro atoms. The summed E-state index contributed by atoms with van der Waals surface area (Å²) in [5, 5.41) is 3.26. The molecule has 2 atom stereocenters. The number of benzene rings is 1. The van der Waals surface area contributed by atoms with E-state index in [0.29, 0.717) is 6.42 Å². The summed E-state index contributed by atoms with van der Waals surface area (Å²) in [5.74, 6) is 2.01. The number of carbonyl (C=O) groups is 1. The molecule has 2 saturated carbocycles. The smallest absolute Gasteiger partial charge is 0.221 e. The molecule has 26 heavy (non-hydrogen) atoms. The van der Waals surface area contributed by atoms with Gasteiger partial charge < -0.3 is 10.1 Å². The van der Waals surface area contributed by atoms with Gasteiger partial charge in [-0.25, -0.2) is 0 Å². The molecule has 0 unspecified atom stereocenters. The van der Waals surface area contributed by atoms with Crippen LogP contribution in [0.5, 0.6) is 5.75 Å². The van der Waals surface area contributed by atoms with Gasteiger partial charge in [-0.3, -0.25) is 9.69 Å². The van der Waals surface area contributed by atoms with Crippen molar-refractivity contribution in [2.75, 3.05) is 26.7 Å². The molecule has 142 valence electrons. The number of amides is 1. The fourth-order valence-electron chi connectivity index (χ4n) is 5.47. The van der Waals surface area contributed by atoms with Crippen LogP contribution < -0.4 is 10.1 Å². The first kappa shape index (κ1) is 17.8. The molecule has 0 aromatic heterocycles. The van der Waals surface area contributed by atoms with Gasteiger partial charge in [0.25, 0.3) is 0 Å². The molecule has 2 aliphatic carbocycles. The minimum absolute atomic E-state index is 0.106. The molecule has 1 saturated heterocycles. The van der Waals surface area contributed by atoms with Gasteiger partial charge in [-0.05, 0) is 55.7 Å². The molecule has 1 N–H and O–H groups in total. The molecule has 4 nitrogen and oxygen atoms in total. The Morgan fingerprint density at radius 1 is 1.23 bits per heavy atom. The predicted octanol–water partition coefficient (Wildman–Crippen LogP) is 3.50. The maximum Gasteiger partial charge on any atom is 0.221 e. The van der Waals surface area contributed by atoms with Crippen molar-refractivity contribution in [1.82, 2.24) is 10.2 Å². The van der Waals surface area contributed by atoms with Crippen molar-refractivity contribution in [2.24, 2.45) is 5.92 Å². The molecule has 4 heteroatoms. The van der Waals surface area contributed by atoms with Gasteiger partial charge in [0.05, 0.1) is 7.11 Å². The van der Waals surface area contributed by atoms with Crippen LogP contribution in [-0.2, 0) is 10.2 Å². The number of methoxy groups -OCH3 is 1. The number of hydrogen-bond acceptors (Lipinski definition) is 3. The Balaban J connectivity index is 1.31. The van der Waals surface area contributed by atoms with E-state index in [-0.39, 0.29) is 11.3 Å². The lowest BCUT2D eigenvalue weighted by Gasteiger charge is -2.31. The normalized spacial score (nSPS) is 27.0. The van der Waals surface area contributed by atoms with Crippen molar-refractivity contribution in [3.63, 3.8) is 0 Å². The molecule has 3 fully saturated rings. The number of nitrogens with one attached hydrogen (secondary N) is 1. The predicted molar refractivity (Wildman–Crippen MR) is 103 cm³/mol. The number of fused-ring (bicyclic) bond motifs is 2. The first-order valence-corrected chi connectivity index (χ1v) is 10.3. The van der Waals surface area contributed by atoms with Gasteiger partial charge in [0, 0.05) is 37.5 Å². The number of nitrogens with zero attached hydrogens (tertiary/aromatic N) is 1. The average molecular weight is 357 g/mol. The Kier molecular flexibility index (Phi) is 5.21. The SMILES string of the molecule is COc1ccc(C2(CNC(=O)CCN3C[C@H]4CC[C@@H]3C4)CCCC2)cc1. The minimum atomic E-state index is 0.106. The molecule has 1 amide bonds. The van der Waals surface area contributed by atoms with Gasteiger partial charge in [-0.1, -0.05) is 25.0 Å². The van der Waals surface area contributed by atoms with Crippen molar-refractivity contribution in [2.45, 2.75) is 62.8 Å². The highest BCUT2D eigenvalue weighted by atomic mass is 16.5. The van der Waals surface area contributed by atoms with E-state index < -0.39 is 0 Å². The second-order valence-corrected chi connectivity index (χ2v) is 8.57. The van der Waals surface area contributed by atoms with Crippen molar-refractivity contribution in [3.8, 4) is 5.75 Å². The summed E-state index contributed by atoms with van der Waals surface area (Å²) in [4.78, 5) is 15.0. The number of hydrogen-bond donors (Lipinski definition) is 1. The number of rotatable bonds is 7. The van der Waals surface area contributed by atoms with E-state index in [1.165, 1.54) is 44.2 Å². The van der Waals surface area contributed by atoms with Crippen LogP contribution in [0.2, 0.25) is 0 Å². The highest BCUT2D eigenvalue weighted by Gasteiger charge is 2.38. The fourth-order valence-corrected chi connectivity index (χ4v) is 5.47. The third-order valence-electron chi connectivity index (χ3n) is 7.04. The van der Waals surface area contributed by atoms with Crippen LogP contribution in [0.4, 0.5) is 0 Å². The summed E-state index contributed by atoms with van der Waals surface area (Å²) in [6, 6.07) is 9.20. The summed E-state index contributed by atoms with van der Waals surface area (Å²) in [7, 11) is 1.70. The van der Waals surface area contributed by atoms with Crippen LogP contribution in [0.1, 0.15) is 56.9 Å². The Hall–Kier alpha value is -1.55. The Morgan fingerprint density at radius 3 is 2.62 bits per heavy atom. The highest BCUT2D eigenvalue weighted by molar-refractivity contribution is 5.76. The van der Waals surface area contributed by atoms with Gasteiger partial charge in [0.15, 0.2) is 0 Å². The van der Waals surface area contributed by atoms with Gasteiger partial charge >= 0.3 is 0 Å². The Morgan fingerprint density at radius 2 is 2.00 bits per heavy atom. The topological polar surface area (TPSA) is 41.6 Å². The summed E-state index contributed by atoms with van der Waals surface area (Å²) in [6.45, 7) is 2.92. The molecule has 0 radical (unpaired) electrons. The molecular formula is C22H32N2O2. The monoisotopic (exact) mass is 356 g/mol. The maximum atomic E-state index is 12.5. The lowest BCUT2D eigenvalue weighted by Crippen LogP contribution is -2.41. The highest BCUT2D eigenvalue weighted by Crippen LogP contribution is 2.41. The second kappa shape index (κ2) is 7.59. The molecule has 3 aliphatic rings. The van der Waals surface area contributed by atoms with Crippen LogP contribution in [0, 0.1) is 5.92 Å². The van der Waals surface area contributed by atoms with Crippen molar-refractivity contribution < 1.29 is 9.53 Å². The third-order valence-corrected chi connectivity index (χ3v) is 7.04. The molecule has 1 aromatic rings. The molecule has 4 rings (SSSR count). The van der Waals surface area contributed by atoms with E-state index in [0.717, 1.165) is 43.6 Å². The molecule has 1 heterocycles. The van der Waals surface area contributed by atoms with E-state index in [1.807, 2.05) is 12.1 Å². The Labute approximate surface area is 157 Å². The van der Waals surface area contributed by atoms with E-state index >= 15 is 0 Å². The summed E-state index contributed by atoms with van der Waals surface area (Å²) in [6.07, 6.45) is 9.57. The Bertz CT molecular complexity index is 622. The van der Waals surface area contributed by atoms with Gasteiger partial charge in [0.2, 0.25) is 5.91 Å². The van der Waals surface area contributed by atoms with E-state index in [4.69, 9.17) is 4.74 Å². The average Bonchev–Trinajstić information content (AvgIpc) is 3.42. The first-order chi connectivity index (χ1) is 12.7. The van der Waals surface area contributed by atoms with Crippen LogP contribution in [0.3, 0.4) is 0 Å². The third kappa shape index (κ3) is 3.62. The molecule has 1 aliphatic heterocycles. The minimum Gasteiger partial charge on any atom is -0.497 e. The van der Waals surface area contributed by atoms with E-state index in [9.17, 15) is 4.79 Å². The zero-order chi connectivity index (χ0) is 18.0. The van der Waals surface area contributed by atoms with Gasteiger partial charge in [-0.15, -0.1) is 0 Å². The lowest BCUT2D eigenvalue weighted by molar-refractivity contribution is -0.121. The summed E-state index contributed by atoms with van der Waals surface area (Å²) >= 11 is 0. The van der Waals surface area contributed by atoms with Crippen LogP contribution in [-0.4, -0.2) is 43.6 Å². The zero-order valence-electron chi connectivity index (χ0n) is 16.0. The van der Waals surface area contributed by atoms with E-state index in [2.05, 4.69) is 22.3 Å². The second-order valence-electron chi connectivity index (χ2n) is 8.57. The maximum absolute atomic E-state index is 12.5. The van der Waals surface area contributed by atoms with Crippen LogP contribution in [0.15, 0.2) is 24.3 Å². The fraction of sp³-hybridized carbons (Fsp3) is 0.682. The summed E-state index contributed by atoms with van der Waals surface area (Å²) < 4.78 is 5.29. The number of likely N-dealkylation sites (tertiary alicyclic amines) is 1. The van der Waals surface area contributed by atoms with E-state index in [1.54, 1.807) is 7.11 Å². The van der Waals surface area contributed by atoms with Gasteiger partial charge in [0.1, 0.15) is 5.75 Å². The number of ether oxygens (including phenoxy) is 1. The van der Waals surface area contributed by atoms with Crippen LogP contribution in [0.25, 0.3) is 0 Å². The standard InChI is InChI=1S/C22H32N2O2/c1-26-20-8-5-18(6-9-20)22(11-2-3-12-22)16-23-21(25)10-13-24-15-17-4-7-19(24)14-17/h5-6,8-9,17,19H,2-4,7,10-16H2,1H3,(H,23,25)/t17-,19+/m0/s1. The zero-order valence-corrected chi connectivity index (χ0v) is 16.0. The molecule has 2 bridgehead atoms. The van der Waals surface area contributed by atoms with Gasteiger partial charge in [-0.2, -0.15) is 0 Å². The number of carbonyl (C=O) groups excluding carboxylic acids is 1.